The molecule has 0 amide bonds. The molecule has 0 radical (unpaired) electrons. The van der Waals surface area contributed by atoms with Gasteiger partial charge < -0.3 is 14.8 Å². The number of epoxide rings is 1. The third kappa shape index (κ3) is 3.31. The molecule has 4 heteroatoms. The van der Waals surface area contributed by atoms with Gasteiger partial charge in [0, 0.05) is 18.6 Å². The molecule has 1 rings (SSSR count). The van der Waals surface area contributed by atoms with Gasteiger partial charge in [-0.15, -0.1) is 0 Å². The van der Waals surface area contributed by atoms with Crippen LogP contribution < -0.4 is 5.32 Å². The van der Waals surface area contributed by atoms with Crippen LogP contribution in [0.1, 0.15) is 34.1 Å². The molecule has 4 nitrogen and oxygen atoms in total. The van der Waals surface area contributed by atoms with Gasteiger partial charge in [-0.25, -0.2) is 0 Å². The number of hydrogen-bond donors (Lipinski definition) is 1. The number of carbonyl (C=O) groups is 1. The Hall–Kier alpha value is -0.450. The van der Waals surface area contributed by atoms with E-state index in [2.05, 4.69) is 33.0 Å². The van der Waals surface area contributed by atoms with Crippen LogP contribution in [0.3, 0.4) is 0 Å². The van der Waals surface area contributed by atoms with Crippen LogP contribution in [0.25, 0.3) is 0 Å². The molecule has 0 bridgehead atoms. The van der Waals surface area contributed by atoms with Crippen LogP contribution in [0.5, 0.6) is 0 Å². The lowest BCUT2D eigenvalue weighted by Gasteiger charge is -2.35. The third-order valence-electron chi connectivity index (χ3n) is 3.86. The van der Waals surface area contributed by atoms with Crippen molar-refractivity contribution in [1.29, 1.82) is 0 Å². The van der Waals surface area contributed by atoms with Crippen LogP contribution in [-0.4, -0.2) is 44.3 Å². The Morgan fingerprint density at radius 3 is 2.39 bits per heavy atom. The fourth-order valence-electron chi connectivity index (χ4n) is 2.31. The number of Topliss-reactive ketones (excluding diaryl/α,β-unsaturated/α-hetero) is 1. The predicted octanol–water partition coefficient (Wildman–Crippen LogP) is 1.63. The molecule has 1 saturated heterocycles. The first kappa shape index (κ1) is 15.6. The lowest BCUT2D eigenvalue weighted by Crippen LogP contribution is -2.52. The van der Waals surface area contributed by atoms with Gasteiger partial charge in [0.05, 0.1) is 13.2 Å². The van der Waals surface area contributed by atoms with Gasteiger partial charge in [-0.2, -0.15) is 0 Å². The Balaban J connectivity index is 2.86. The van der Waals surface area contributed by atoms with Crippen LogP contribution >= 0.6 is 0 Å². The topological polar surface area (TPSA) is 50.9 Å². The van der Waals surface area contributed by atoms with Gasteiger partial charge in [-0.3, -0.25) is 4.79 Å². The molecular formula is C14H27NO3. The van der Waals surface area contributed by atoms with E-state index in [1.54, 1.807) is 7.11 Å². The van der Waals surface area contributed by atoms with Crippen LogP contribution in [0, 0.1) is 11.8 Å². The molecule has 1 fully saturated rings. The van der Waals surface area contributed by atoms with Crippen molar-refractivity contribution in [2.24, 2.45) is 11.8 Å². The van der Waals surface area contributed by atoms with Gasteiger partial charge in [0.1, 0.15) is 0 Å². The Morgan fingerprint density at radius 2 is 2.06 bits per heavy atom. The van der Waals surface area contributed by atoms with Crippen molar-refractivity contribution in [2.45, 2.75) is 45.3 Å². The SMILES string of the molecule is CNC(C)(C)C(CC(C)C)C(=O)[C@@]1(COC)CO1. The molecule has 1 aliphatic heterocycles. The van der Waals surface area contributed by atoms with E-state index in [4.69, 9.17) is 9.47 Å². The van der Waals surface area contributed by atoms with E-state index in [0.29, 0.717) is 19.1 Å². The van der Waals surface area contributed by atoms with Crippen molar-refractivity contribution >= 4 is 5.78 Å². The molecule has 0 aliphatic carbocycles. The normalized spacial score (nSPS) is 25.3. The van der Waals surface area contributed by atoms with Crippen LogP contribution in [0.4, 0.5) is 0 Å². The maximum absolute atomic E-state index is 12.7. The highest BCUT2D eigenvalue weighted by molar-refractivity contribution is 5.93. The zero-order valence-electron chi connectivity index (χ0n) is 12.5. The summed E-state index contributed by atoms with van der Waals surface area (Å²) in [5, 5.41) is 3.25. The van der Waals surface area contributed by atoms with Gasteiger partial charge in [0.25, 0.3) is 0 Å². The summed E-state index contributed by atoms with van der Waals surface area (Å²) in [6.07, 6.45) is 0.863. The zero-order chi connectivity index (χ0) is 14.0. The van der Waals surface area contributed by atoms with Gasteiger partial charge >= 0.3 is 0 Å². The minimum Gasteiger partial charge on any atom is -0.381 e. The highest BCUT2D eigenvalue weighted by Gasteiger charge is 2.56. The summed E-state index contributed by atoms with van der Waals surface area (Å²) in [4.78, 5) is 12.7. The average molecular weight is 257 g/mol. The monoisotopic (exact) mass is 257 g/mol. The van der Waals surface area contributed by atoms with E-state index in [9.17, 15) is 4.79 Å². The van der Waals surface area contributed by atoms with Crippen molar-refractivity contribution in [1.82, 2.24) is 5.32 Å². The third-order valence-corrected chi connectivity index (χ3v) is 3.86. The Kier molecular flexibility index (Phi) is 4.92. The fraction of sp³-hybridized carbons (Fsp3) is 0.929. The Bertz CT molecular complexity index is 295. The summed E-state index contributed by atoms with van der Waals surface area (Å²) < 4.78 is 10.5. The second-order valence-corrected chi connectivity index (χ2v) is 6.23. The number of methoxy groups -OCH3 is 1. The molecule has 1 N–H and O–H groups in total. The molecule has 0 aromatic carbocycles. The number of rotatable bonds is 8. The summed E-state index contributed by atoms with van der Waals surface area (Å²) in [6.45, 7) is 9.28. The first-order chi connectivity index (χ1) is 8.29. The van der Waals surface area contributed by atoms with E-state index in [1.165, 1.54) is 0 Å². The van der Waals surface area contributed by atoms with Gasteiger partial charge in [0.15, 0.2) is 11.4 Å². The minimum atomic E-state index is -0.678. The standard InChI is InChI=1S/C14H27NO3/c1-10(2)7-11(13(3,4)15-5)12(16)14(8-17-6)9-18-14/h10-11,15H,7-9H2,1-6H3/t11?,14-/m1/s1. The number of ether oxygens (including phenoxy) is 2. The second-order valence-electron chi connectivity index (χ2n) is 6.23. The van der Waals surface area contributed by atoms with Gasteiger partial charge in [-0.05, 0) is 33.2 Å². The first-order valence-electron chi connectivity index (χ1n) is 6.65. The molecule has 1 heterocycles. The fourth-order valence-corrected chi connectivity index (χ4v) is 2.31. The highest BCUT2D eigenvalue weighted by atomic mass is 16.6. The van der Waals surface area contributed by atoms with Crippen LogP contribution in [-0.2, 0) is 14.3 Å². The van der Waals surface area contributed by atoms with Crippen molar-refractivity contribution in [3.05, 3.63) is 0 Å². The number of ketones is 1. The van der Waals surface area contributed by atoms with Gasteiger partial charge in [-0.1, -0.05) is 13.8 Å². The predicted molar refractivity (Wildman–Crippen MR) is 71.6 cm³/mol. The maximum atomic E-state index is 12.7. The summed E-state index contributed by atoms with van der Waals surface area (Å²) >= 11 is 0. The molecule has 0 aromatic heterocycles. The molecule has 106 valence electrons. The zero-order valence-corrected chi connectivity index (χ0v) is 12.5. The van der Waals surface area contributed by atoms with Crippen LogP contribution in [0.2, 0.25) is 0 Å². The maximum Gasteiger partial charge on any atom is 0.174 e. The van der Waals surface area contributed by atoms with E-state index in [1.807, 2.05) is 7.05 Å². The van der Waals surface area contributed by atoms with Crippen molar-refractivity contribution in [3.63, 3.8) is 0 Å². The lowest BCUT2D eigenvalue weighted by atomic mass is 9.75. The summed E-state index contributed by atoms with van der Waals surface area (Å²) in [5.41, 5.74) is -0.906. The van der Waals surface area contributed by atoms with Crippen molar-refractivity contribution in [2.75, 3.05) is 27.4 Å². The van der Waals surface area contributed by atoms with Crippen LogP contribution in [0.15, 0.2) is 0 Å². The van der Waals surface area contributed by atoms with E-state index in [0.717, 1.165) is 6.42 Å². The quantitative estimate of drug-likeness (QED) is 0.672. The summed E-state index contributed by atoms with van der Waals surface area (Å²) in [6, 6.07) is 0. The Labute approximate surface area is 110 Å². The lowest BCUT2D eigenvalue weighted by molar-refractivity contribution is -0.133. The smallest absolute Gasteiger partial charge is 0.174 e. The van der Waals surface area contributed by atoms with E-state index in [-0.39, 0.29) is 17.2 Å². The minimum absolute atomic E-state index is 0.0554. The van der Waals surface area contributed by atoms with E-state index >= 15 is 0 Å². The highest BCUT2D eigenvalue weighted by Crippen LogP contribution is 2.37. The number of hydrogen-bond acceptors (Lipinski definition) is 4. The summed E-state index contributed by atoms with van der Waals surface area (Å²) in [5.74, 6) is 0.600. The first-order valence-corrected chi connectivity index (χ1v) is 6.65. The number of nitrogens with one attached hydrogen (secondary N) is 1. The molecular weight excluding hydrogens is 230 g/mol. The molecule has 18 heavy (non-hydrogen) atoms. The molecule has 1 aliphatic rings. The van der Waals surface area contributed by atoms with Crippen molar-refractivity contribution < 1.29 is 14.3 Å². The largest absolute Gasteiger partial charge is 0.381 e. The molecule has 0 spiro atoms. The molecule has 0 aromatic rings. The average Bonchev–Trinajstić information content (AvgIpc) is 3.06. The second kappa shape index (κ2) is 5.68. The van der Waals surface area contributed by atoms with E-state index < -0.39 is 5.60 Å². The van der Waals surface area contributed by atoms with Crippen molar-refractivity contribution in [3.8, 4) is 0 Å². The van der Waals surface area contributed by atoms with Gasteiger partial charge in [0.2, 0.25) is 0 Å². The summed E-state index contributed by atoms with van der Waals surface area (Å²) in [7, 11) is 3.51. The molecule has 2 atom stereocenters. The Morgan fingerprint density at radius 1 is 1.50 bits per heavy atom. The number of carbonyl (C=O) groups excluding carboxylic acids is 1. The molecule has 0 saturated carbocycles. The molecule has 1 unspecified atom stereocenters.